The second kappa shape index (κ2) is 7.22. The number of methoxy groups -OCH3 is 1. The number of hydrogen-bond acceptors (Lipinski definition) is 4. The molecule has 1 aromatic heterocycles. The van der Waals surface area contributed by atoms with Crippen LogP contribution in [-0.4, -0.2) is 18.6 Å². The highest BCUT2D eigenvalue weighted by molar-refractivity contribution is 7.11. The molecule has 0 saturated heterocycles. The predicted octanol–water partition coefficient (Wildman–Crippen LogP) is 3.38. The van der Waals surface area contributed by atoms with Crippen LogP contribution in [0.4, 0.5) is 0 Å². The minimum atomic E-state index is 0.370. The van der Waals surface area contributed by atoms with E-state index in [4.69, 9.17) is 9.72 Å². The van der Waals surface area contributed by atoms with E-state index in [9.17, 15) is 0 Å². The lowest BCUT2D eigenvalue weighted by Gasteiger charge is -2.16. The van der Waals surface area contributed by atoms with Crippen molar-refractivity contribution in [1.82, 2.24) is 10.3 Å². The van der Waals surface area contributed by atoms with Gasteiger partial charge in [-0.05, 0) is 24.8 Å². The lowest BCUT2D eigenvalue weighted by atomic mass is 9.91. The molecule has 0 bridgehead atoms. The van der Waals surface area contributed by atoms with Crippen LogP contribution in [0.5, 0.6) is 0 Å². The fraction of sp³-hybridized carbons (Fsp3) is 0.786. The first-order valence-electron chi connectivity index (χ1n) is 6.63. The monoisotopic (exact) mass is 270 g/mol. The zero-order valence-electron chi connectivity index (χ0n) is 12.3. The summed E-state index contributed by atoms with van der Waals surface area (Å²) in [5.41, 5.74) is 1.47. The largest absolute Gasteiger partial charge is 0.378 e. The molecule has 0 amide bonds. The van der Waals surface area contributed by atoms with Crippen molar-refractivity contribution in [2.24, 2.45) is 5.41 Å². The van der Waals surface area contributed by atoms with E-state index < -0.39 is 0 Å². The maximum atomic E-state index is 5.22. The highest BCUT2D eigenvalue weighted by Gasteiger charge is 2.14. The van der Waals surface area contributed by atoms with Gasteiger partial charge in [-0.3, -0.25) is 0 Å². The summed E-state index contributed by atoms with van der Waals surface area (Å²) in [7, 11) is 1.73. The van der Waals surface area contributed by atoms with Gasteiger partial charge in [-0.2, -0.15) is 0 Å². The third-order valence-corrected chi connectivity index (χ3v) is 3.89. The summed E-state index contributed by atoms with van der Waals surface area (Å²) in [6.07, 6.45) is 2.24. The molecular formula is C14H26N2OS. The number of nitrogens with one attached hydrogen (secondary N) is 1. The molecule has 1 aromatic rings. The summed E-state index contributed by atoms with van der Waals surface area (Å²) >= 11 is 1.83. The Bertz CT molecular complexity index is 355. The normalized spacial score (nSPS) is 12.1. The molecule has 0 unspecified atom stereocenters. The van der Waals surface area contributed by atoms with Gasteiger partial charge in [-0.15, -0.1) is 11.3 Å². The Balaban J connectivity index is 2.68. The molecule has 0 saturated carbocycles. The fourth-order valence-corrected chi connectivity index (χ4v) is 2.69. The Hall–Kier alpha value is -0.450. The number of ether oxygens (including phenoxy) is 1. The van der Waals surface area contributed by atoms with Crippen LogP contribution in [0.25, 0.3) is 0 Å². The number of aryl methyl sites for hydroxylation is 1. The molecule has 0 aliphatic carbocycles. The van der Waals surface area contributed by atoms with Gasteiger partial charge in [0.2, 0.25) is 0 Å². The number of aromatic nitrogens is 1. The standard InChI is InChI=1S/C14H26N2OS/c1-6-15-9-12-11(10-17-5)16-13(18-12)7-8-14(2,3)4/h15H,6-10H2,1-5H3. The van der Waals surface area contributed by atoms with Gasteiger partial charge in [0.25, 0.3) is 0 Å². The summed E-state index contributed by atoms with van der Waals surface area (Å²) in [5, 5.41) is 4.60. The van der Waals surface area contributed by atoms with Crippen molar-refractivity contribution in [3.8, 4) is 0 Å². The molecule has 0 fully saturated rings. The van der Waals surface area contributed by atoms with Crippen molar-refractivity contribution in [2.45, 2.75) is 53.7 Å². The van der Waals surface area contributed by atoms with Crippen LogP contribution in [0.3, 0.4) is 0 Å². The maximum absolute atomic E-state index is 5.22. The molecule has 0 atom stereocenters. The first kappa shape index (κ1) is 15.6. The quantitative estimate of drug-likeness (QED) is 0.825. The van der Waals surface area contributed by atoms with Crippen LogP contribution in [0.1, 0.15) is 49.7 Å². The molecule has 18 heavy (non-hydrogen) atoms. The van der Waals surface area contributed by atoms with Crippen molar-refractivity contribution >= 4 is 11.3 Å². The Morgan fingerprint density at radius 3 is 2.61 bits per heavy atom. The Morgan fingerprint density at radius 2 is 2.06 bits per heavy atom. The molecular weight excluding hydrogens is 244 g/mol. The molecule has 1 rings (SSSR count). The summed E-state index contributed by atoms with van der Waals surface area (Å²) in [5.74, 6) is 0. The number of hydrogen-bond donors (Lipinski definition) is 1. The first-order chi connectivity index (χ1) is 8.46. The summed E-state index contributed by atoms with van der Waals surface area (Å²) in [6.45, 7) is 11.5. The molecule has 1 heterocycles. The third kappa shape index (κ3) is 5.46. The van der Waals surface area contributed by atoms with Gasteiger partial charge >= 0.3 is 0 Å². The van der Waals surface area contributed by atoms with E-state index in [0.717, 1.165) is 25.2 Å². The predicted molar refractivity (Wildman–Crippen MR) is 78.0 cm³/mol. The van der Waals surface area contributed by atoms with Crippen molar-refractivity contribution in [3.63, 3.8) is 0 Å². The van der Waals surface area contributed by atoms with Gasteiger partial charge in [0.1, 0.15) is 0 Å². The van der Waals surface area contributed by atoms with Gasteiger partial charge in [-0.1, -0.05) is 27.7 Å². The van der Waals surface area contributed by atoms with Crippen LogP contribution in [0, 0.1) is 5.41 Å². The SMILES string of the molecule is CCNCc1sc(CCC(C)(C)C)nc1COC. The van der Waals surface area contributed by atoms with Gasteiger partial charge in [0.05, 0.1) is 17.3 Å². The van der Waals surface area contributed by atoms with Crippen LogP contribution in [-0.2, 0) is 24.3 Å². The minimum Gasteiger partial charge on any atom is -0.378 e. The maximum Gasteiger partial charge on any atom is 0.0932 e. The molecule has 3 nitrogen and oxygen atoms in total. The molecule has 4 heteroatoms. The van der Waals surface area contributed by atoms with Crippen molar-refractivity contribution in [1.29, 1.82) is 0 Å². The van der Waals surface area contributed by atoms with E-state index in [-0.39, 0.29) is 0 Å². The van der Waals surface area contributed by atoms with Crippen LogP contribution < -0.4 is 5.32 Å². The smallest absolute Gasteiger partial charge is 0.0932 e. The summed E-state index contributed by atoms with van der Waals surface area (Å²) in [4.78, 5) is 6.03. The molecule has 0 aliphatic rings. The number of nitrogens with zero attached hydrogens (tertiary/aromatic N) is 1. The molecule has 0 spiro atoms. The van der Waals surface area contributed by atoms with E-state index >= 15 is 0 Å². The van der Waals surface area contributed by atoms with Crippen molar-refractivity contribution in [3.05, 3.63) is 15.6 Å². The van der Waals surface area contributed by atoms with Gasteiger partial charge in [0.15, 0.2) is 0 Å². The van der Waals surface area contributed by atoms with E-state index in [2.05, 4.69) is 33.0 Å². The van der Waals surface area contributed by atoms with Crippen molar-refractivity contribution < 1.29 is 4.74 Å². The second-order valence-corrected chi connectivity index (χ2v) is 6.92. The molecule has 0 aliphatic heterocycles. The molecule has 104 valence electrons. The average molecular weight is 270 g/mol. The van der Waals surface area contributed by atoms with E-state index in [0.29, 0.717) is 12.0 Å². The second-order valence-electron chi connectivity index (χ2n) is 5.75. The zero-order valence-corrected chi connectivity index (χ0v) is 13.1. The van der Waals surface area contributed by atoms with Gasteiger partial charge in [-0.25, -0.2) is 4.98 Å². The fourth-order valence-electron chi connectivity index (χ4n) is 1.65. The summed E-state index contributed by atoms with van der Waals surface area (Å²) in [6, 6.07) is 0. The Morgan fingerprint density at radius 1 is 1.33 bits per heavy atom. The van der Waals surface area contributed by atoms with Gasteiger partial charge < -0.3 is 10.1 Å². The van der Waals surface area contributed by atoms with Gasteiger partial charge in [0, 0.05) is 18.5 Å². The molecule has 1 N–H and O–H groups in total. The van der Waals surface area contributed by atoms with Crippen LogP contribution in [0.2, 0.25) is 0 Å². The minimum absolute atomic E-state index is 0.370. The Kier molecular flexibility index (Phi) is 6.26. The number of rotatable bonds is 7. The van der Waals surface area contributed by atoms with E-state index in [1.165, 1.54) is 16.3 Å². The highest BCUT2D eigenvalue weighted by atomic mass is 32.1. The summed E-state index contributed by atoms with van der Waals surface area (Å²) < 4.78 is 5.22. The van der Waals surface area contributed by atoms with E-state index in [1.54, 1.807) is 7.11 Å². The van der Waals surface area contributed by atoms with E-state index in [1.807, 2.05) is 11.3 Å². The lowest BCUT2D eigenvalue weighted by molar-refractivity contribution is 0.181. The topological polar surface area (TPSA) is 34.2 Å². The van der Waals surface area contributed by atoms with Crippen LogP contribution >= 0.6 is 11.3 Å². The molecule has 0 aromatic carbocycles. The highest BCUT2D eigenvalue weighted by Crippen LogP contribution is 2.25. The lowest BCUT2D eigenvalue weighted by Crippen LogP contribution is -2.12. The van der Waals surface area contributed by atoms with Crippen molar-refractivity contribution in [2.75, 3.05) is 13.7 Å². The first-order valence-corrected chi connectivity index (χ1v) is 7.45. The average Bonchev–Trinajstić information content (AvgIpc) is 2.66. The third-order valence-electron chi connectivity index (χ3n) is 2.73. The number of thiazole rings is 1. The zero-order chi connectivity index (χ0) is 13.6. The van der Waals surface area contributed by atoms with Crippen LogP contribution in [0.15, 0.2) is 0 Å². The Labute approximate surface area is 115 Å². The molecule has 0 radical (unpaired) electrons.